The zero-order valence-corrected chi connectivity index (χ0v) is 12.5. The van der Waals surface area contributed by atoms with Crippen LogP contribution in [0.5, 0.6) is 0 Å². The van der Waals surface area contributed by atoms with Gasteiger partial charge < -0.3 is 5.73 Å². The molecular formula is C21H19N. The van der Waals surface area contributed by atoms with Crippen LogP contribution in [-0.4, -0.2) is 0 Å². The van der Waals surface area contributed by atoms with E-state index in [4.69, 9.17) is 5.73 Å². The molecule has 1 nitrogen and oxygen atoms in total. The molecular weight excluding hydrogens is 266 g/mol. The summed E-state index contributed by atoms with van der Waals surface area (Å²) in [5.74, 6) is 0. The normalized spacial score (nSPS) is 12.0. The number of nitrogen functional groups attached to an aromatic ring is 1. The van der Waals surface area contributed by atoms with Crippen LogP contribution in [0.3, 0.4) is 0 Å². The van der Waals surface area contributed by atoms with E-state index in [9.17, 15) is 0 Å². The van der Waals surface area contributed by atoms with E-state index >= 15 is 0 Å². The van der Waals surface area contributed by atoms with E-state index in [2.05, 4.69) is 54.6 Å². The first kappa shape index (κ1) is 13.1. The third-order valence-corrected chi connectivity index (χ3v) is 4.61. The Morgan fingerprint density at radius 3 is 2.36 bits per heavy atom. The number of hydrogen-bond acceptors (Lipinski definition) is 1. The van der Waals surface area contributed by atoms with E-state index in [1.54, 1.807) is 0 Å². The SMILES string of the molecule is Nc1ccc(CCc2cccc3c2Cc2ccccc2-3)cc1. The van der Waals surface area contributed by atoms with Gasteiger partial charge in [0.15, 0.2) is 0 Å². The molecule has 0 saturated carbocycles. The molecule has 0 bridgehead atoms. The Balaban J connectivity index is 1.61. The van der Waals surface area contributed by atoms with Gasteiger partial charge in [-0.2, -0.15) is 0 Å². The third-order valence-electron chi connectivity index (χ3n) is 4.61. The minimum absolute atomic E-state index is 0.833. The Hall–Kier alpha value is -2.54. The molecule has 0 unspecified atom stereocenters. The number of rotatable bonds is 3. The van der Waals surface area contributed by atoms with Crippen LogP contribution in [0.4, 0.5) is 5.69 Å². The number of hydrogen-bond donors (Lipinski definition) is 1. The second kappa shape index (κ2) is 5.34. The first-order chi connectivity index (χ1) is 10.8. The van der Waals surface area contributed by atoms with Gasteiger partial charge in [0.1, 0.15) is 0 Å². The number of benzene rings is 3. The smallest absolute Gasteiger partial charge is 0.0314 e. The molecule has 3 aromatic rings. The summed E-state index contributed by atoms with van der Waals surface area (Å²) in [5, 5.41) is 0. The molecule has 0 amide bonds. The van der Waals surface area contributed by atoms with E-state index in [1.807, 2.05) is 12.1 Å². The summed E-state index contributed by atoms with van der Waals surface area (Å²) in [7, 11) is 0. The molecule has 0 fully saturated rings. The van der Waals surface area contributed by atoms with Crippen molar-refractivity contribution in [1.29, 1.82) is 0 Å². The Morgan fingerprint density at radius 1 is 0.727 bits per heavy atom. The minimum Gasteiger partial charge on any atom is -0.399 e. The first-order valence-electron chi connectivity index (χ1n) is 7.85. The van der Waals surface area contributed by atoms with Crippen molar-refractivity contribution in [3.8, 4) is 11.1 Å². The lowest BCUT2D eigenvalue weighted by molar-refractivity contribution is 0.944. The highest BCUT2D eigenvalue weighted by molar-refractivity contribution is 5.77. The van der Waals surface area contributed by atoms with E-state index in [1.165, 1.54) is 33.4 Å². The summed E-state index contributed by atoms with van der Waals surface area (Å²) in [6, 6.07) is 23.7. The highest BCUT2D eigenvalue weighted by Gasteiger charge is 2.19. The minimum atomic E-state index is 0.833. The molecule has 2 N–H and O–H groups in total. The van der Waals surface area contributed by atoms with Crippen molar-refractivity contribution >= 4 is 5.69 Å². The lowest BCUT2D eigenvalue weighted by Crippen LogP contribution is -1.97. The summed E-state index contributed by atoms with van der Waals surface area (Å²) in [5.41, 5.74) is 15.2. The van der Waals surface area contributed by atoms with Crippen molar-refractivity contribution < 1.29 is 0 Å². The van der Waals surface area contributed by atoms with Crippen molar-refractivity contribution in [2.75, 3.05) is 5.73 Å². The van der Waals surface area contributed by atoms with Crippen LogP contribution < -0.4 is 5.73 Å². The lowest BCUT2D eigenvalue weighted by Gasteiger charge is -2.09. The summed E-state index contributed by atoms with van der Waals surface area (Å²) in [4.78, 5) is 0. The predicted molar refractivity (Wildman–Crippen MR) is 92.9 cm³/mol. The van der Waals surface area contributed by atoms with Crippen LogP contribution >= 0.6 is 0 Å². The number of anilines is 1. The molecule has 1 aliphatic carbocycles. The van der Waals surface area contributed by atoms with Crippen molar-refractivity contribution in [3.63, 3.8) is 0 Å². The molecule has 22 heavy (non-hydrogen) atoms. The van der Waals surface area contributed by atoms with Gasteiger partial charge in [-0.1, -0.05) is 54.6 Å². The Labute approximate surface area is 131 Å². The fraction of sp³-hybridized carbons (Fsp3) is 0.143. The van der Waals surface area contributed by atoms with Crippen LogP contribution in [0, 0.1) is 0 Å². The van der Waals surface area contributed by atoms with Crippen molar-refractivity contribution in [2.45, 2.75) is 19.3 Å². The van der Waals surface area contributed by atoms with Gasteiger partial charge >= 0.3 is 0 Å². The highest BCUT2D eigenvalue weighted by Crippen LogP contribution is 2.38. The van der Waals surface area contributed by atoms with Gasteiger partial charge in [-0.15, -0.1) is 0 Å². The average molecular weight is 285 g/mol. The monoisotopic (exact) mass is 285 g/mol. The number of fused-ring (bicyclic) bond motifs is 3. The van der Waals surface area contributed by atoms with E-state index < -0.39 is 0 Å². The molecule has 0 aromatic heterocycles. The molecule has 0 aliphatic heterocycles. The third kappa shape index (κ3) is 2.29. The van der Waals surface area contributed by atoms with Gasteiger partial charge in [0.05, 0.1) is 0 Å². The number of nitrogens with two attached hydrogens (primary N) is 1. The Morgan fingerprint density at radius 2 is 1.50 bits per heavy atom. The molecule has 1 heteroatoms. The van der Waals surface area contributed by atoms with Crippen LogP contribution in [0.25, 0.3) is 11.1 Å². The van der Waals surface area contributed by atoms with Crippen LogP contribution in [-0.2, 0) is 19.3 Å². The molecule has 0 spiro atoms. The molecule has 0 heterocycles. The fourth-order valence-electron chi connectivity index (χ4n) is 3.42. The standard InChI is InChI=1S/C21H19N/c22-18-12-9-15(10-13-18)8-11-16-5-3-7-20-19-6-2-1-4-17(19)14-21(16)20/h1-7,9-10,12-13H,8,11,14,22H2. The molecule has 0 saturated heterocycles. The van der Waals surface area contributed by atoms with Crippen LogP contribution in [0.1, 0.15) is 22.3 Å². The van der Waals surface area contributed by atoms with Crippen molar-refractivity contribution in [3.05, 3.63) is 89.0 Å². The Kier molecular flexibility index (Phi) is 3.19. The second-order valence-electron chi connectivity index (χ2n) is 6.02. The average Bonchev–Trinajstić information content (AvgIpc) is 2.94. The summed E-state index contributed by atoms with van der Waals surface area (Å²) in [6.45, 7) is 0. The van der Waals surface area contributed by atoms with Gasteiger partial charge in [-0.05, 0) is 64.8 Å². The molecule has 1 aliphatic rings. The lowest BCUT2D eigenvalue weighted by atomic mass is 9.96. The molecule has 4 rings (SSSR count). The van der Waals surface area contributed by atoms with Crippen molar-refractivity contribution in [1.82, 2.24) is 0 Å². The van der Waals surface area contributed by atoms with Crippen LogP contribution in [0.15, 0.2) is 66.7 Å². The Bertz CT molecular complexity index is 816. The summed E-state index contributed by atoms with van der Waals surface area (Å²) < 4.78 is 0. The zero-order chi connectivity index (χ0) is 14.9. The number of aryl methyl sites for hydroxylation is 2. The quantitative estimate of drug-likeness (QED) is 0.546. The maximum absolute atomic E-state index is 5.76. The summed E-state index contributed by atoms with van der Waals surface area (Å²) >= 11 is 0. The summed E-state index contributed by atoms with van der Waals surface area (Å²) in [6.07, 6.45) is 3.22. The molecule has 3 aromatic carbocycles. The van der Waals surface area contributed by atoms with E-state index in [-0.39, 0.29) is 0 Å². The van der Waals surface area contributed by atoms with Gasteiger partial charge in [-0.25, -0.2) is 0 Å². The molecule has 0 radical (unpaired) electrons. The van der Waals surface area contributed by atoms with E-state index in [0.717, 1.165) is 24.9 Å². The topological polar surface area (TPSA) is 26.0 Å². The molecule has 0 atom stereocenters. The largest absolute Gasteiger partial charge is 0.399 e. The molecule has 108 valence electrons. The second-order valence-corrected chi connectivity index (χ2v) is 6.02. The first-order valence-corrected chi connectivity index (χ1v) is 7.85. The van der Waals surface area contributed by atoms with Gasteiger partial charge in [-0.3, -0.25) is 0 Å². The van der Waals surface area contributed by atoms with Gasteiger partial charge in [0.25, 0.3) is 0 Å². The van der Waals surface area contributed by atoms with Crippen molar-refractivity contribution in [2.24, 2.45) is 0 Å². The van der Waals surface area contributed by atoms with Gasteiger partial charge in [0, 0.05) is 5.69 Å². The van der Waals surface area contributed by atoms with Gasteiger partial charge in [0.2, 0.25) is 0 Å². The fourth-order valence-corrected chi connectivity index (χ4v) is 3.42. The maximum atomic E-state index is 5.76. The highest BCUT2D eigenvalue weighted by atomic mass is 14.5. The maximum Gasteiger partial charge on any atom is 0.0314 e. The van der Waals surface area contributed by atoms with E-state index in [0.29, 0.717) is 0 Å². The predicted octanol–water partition coefficient (Wildman–Crippen LogP) is 4.63. The van der Waals surface area contributed by atoms with Crippen LogP contribution in [0.2, 0.25) is 0 Å². The zero-order valence-electron chi connectivity index (χ0n) is 12.5.